The number of benzene rings is 1. The Morgan fingerprint density at radius 2 is 1.85 bits per heavy atom. The van der Waals surface area contributed by atoms with Gasteiger partial charge in [0.1, 0.15) is 0 Å². The van der Waals surface area contributed by atoms with E-state index in [4.69, 9.17) is 0 Å². The molecule has 1 unspecified atom stereocenters. The number of amides is 1. The fourth-order valence-corrected chi connectivity index (χ4v) is 4.62. The summed E-state index contributed by atoms with van der Waals surface area (Å²) in [5, 5.41) is 27.6. The van der Waals surface area contributed by atoms with Gasteiger partial charge in [0, 0.05) is 36.1 Å². The molecule has 0 radical (unpaired) electrons. The number of carbonyl (C=O) groups excluding carboxylic acids is 1. The van der Waals surface area contributed by atoms with Gasteiger partial charge in [-0.05, 0) is 50.5 Å². The van der Waals surface area contributed by atoms with Crippen LogP contribution in [0.4, 0.5) is 5.95 Å². The van der Waals surface area contributed by atoms with E-state index in [-0.39, 0.29) is 11.9 Å². The lowest BCUT2D eigenvalue weighted by Gasteiger charge is -2.31. The van der Waals surface area contributed by atoms with Crippen molar-refractivity contribution in [2.24, 2.45) is 7.05 Å². The third-order valence-electron chi connectivity index (χ3n) is 6.03. The van der Waals surface area contributed by atoms with Gasteiger partial charge in [0.2, 0.25) is 5.95 Å². The van der Waals surface area contributed by atoms with E-state index >= 15 is 0 Å². The first-order chi connectivity index (χ1) is 15.9. The Labute approximate surface area is 190 Å². The van der Waals surface area contributed by atoms with Gasteiger partial charge in [0.25, 0.3) is 5.91 Å². The average Bonchev–Trinajstić information content (AvgIpc) is 3.35. The maximum Gasteiger partial charge on any atom is 0.258 e. The van der Waals surface area contributed by atoms with Crippen molar-refractivity contribution >= 4 is 22.9 Å². The van der Waals surface area contributed by atoms with Gasteiger partial charge in [-0.3, -0.25) is 19.8 Å². The van der Waals surface area contributed by atoms with Gasteiger partial charge in [-0.1, -0.05) is 12.1 Å². The van der Waals surface area contributed by atoms with Gasteiger partial charge in [-0.25, -0.2) is 4.98 Å². The number of para-hydroxylation sites is 2. The molecule has 33 heavy (non-hydrogen) atoms. The summed E-state index contributed by atoms with van der Waals surface area (Å²) in [7, 11) is 1.83. The molecule has 3 heterocycles. The van der Waals surface area contributed by atoms with Crippen LogP contribution in [0.2, 0.25) is 0 Å². The highest BCUT2D eigenvalue weighted by molar-refractivity contribution is 6.04. The quantitative estimate of drug-likeness (QED) is 0.444. The minimum Gasteiger partial charge on any atom is -0.393 e. The monoisotopic (exact) mass is 446 g/mol. The van der Waals surface area contributed by atoms with Crippen LogP contribution in [-0.2, 0) is 7.05 Å². The average molecular weight is 447 g/mol. The molecule has 170 valence electrons. The second kappa shape index (κ2) is 8.42. The van der Waals surface area contributed by atoms with Crippen molar-refractivity contribution in [2.45, 2.75) is 44.4 Å². The molecular weight excluding hydrogens is 420 g/mol. The van der Waals surface area contributed by atoms with Crippen molar-refractivity contribution in [3.63, 3.8) is 0 Å². The third kappa shape index (κ3) is 4.24. The molecule has 5 rings (SSSR count). The fourth-order valence-electron chi connectivity index (χ4n) is 4.62. The summed E-state index contributed by atoms with van der Waals surface area (Å²) >= 11 is 0. The van der Waals surface area contributed by atoms with Crippen LogP contribution in [0.1, 0.15) is 41.4 Å². The molecule has 4 aromatic rings. The van der Waals surface area contributed by atoms with E-state index in [9.17, 15) is 15.0 Å². The largest absolute Gasteiger partial charge is 0.393 e. The molecule has 0 aliphatic heterocycles. The molecule has 9 nitrogen and oxygen atoms in total. The molecule has 0 bridgehead atoms. The maximum absolute atomic E-state index is 13.3. The maximum atomic E-state index is 13.3. The first-order valence-corrected chi connectivity index (χ1v) is 11.0. The molecule has 1 aliphatic carbocycles. The SMILES string of the molecule is Cc1cc(C(=O)Nc2nc3ccccc3n2C2C[C@@H](O)C[C@@H](O)C2)cc(-c2cnn(C)c2)n1. The van der Waals surface area contributed by atoms with Crippen LogP contribution in [0.5, 0.6) is 0 Å². The minimum atomic E-state index is -0.603. The van der Waals surface area contributed by atoms with Gasteiger partial charge in [-0.2, -0.15) is 5.10 Å². The number of anilines is 1. The van der Waals surface area contributed by atoms with Crippen LogP contribution < -0.4 is 5.32 Å². The second-order valence-electron chi connectivity index (χ2n) is 8.70. The van der Waals surface area contributed by atoms with E-state index in [0.29, 0.717) is 42.2 Å². The molecular formula is C24H26N6O3. The Balaban J connectivity index is 1.51. The molecule has 0 saturated heterocycles. The van der Waals surface area contributed by atoms with Crippen LogP contribution >= 0.6 is 0 Å². The van der Waals surface area contributed by atoms with Crippen LogP contribution in [0, 0.1) is 6.92 Å². The summed E-state index contributed by atoms with van der Waals surface area (Å²) in [5.74, 6) is 0.0870. The normalized spacial score (nSPS) is 20.8. The van der Waals surface area contributed by atoms with Crippen LogP contribution in [0.15, 0.2) is 48.8 Å². The number of aryl methyl sites for hydroxylation is 2. The fraction of sp³-hybridized carbons (Fsp3) is 0.333. The van der Waals surface area contributed by atoms with Crippen LogP contribution in [0.25, 0.3) is 22.3 Å². The van der Waals surface area contributed by atoms with E-state index in [1.54, 1.807) is 23.0 Å². The number of nitrogens with zero attached hydrogens (tertiary/aromatic N) is 5. The number of hydrogen-bond acceptors (Lipinski definition) is 6. The van der Waals surface area contributed by atoms with Gasteiger partial charge >= 0.3 is 0 Å². The summed E-state index contributed by atoms with van der Waals surface area (Å²) in [6.07, 6.45) is 3.69. The summed E-state index contributed by atoms with van der Waals surface area (Å²) in [6.45, 7) is 1.84. The van der Waals surface area contributed by atoms with E-state index in [1.165, 1.54) is 0 Å². The Bertz CT molecular complexity index is 1320. The third-order valence-corrected chi connectivity index (χ3v) is 6.03. The zero-order valence-electron chi connectivity index (χ0n) is 18.5. The first kappa shape index (κ1) is 21.3. The predicted molar refractivity (Wildman–Crippen MR) is 124 cm³/mol. The number of pyridine rings is 1. The summed E-state index contributed by atoms with van der Waals surface area (Å²) in [4.78, 5) is 22.5. The molecule has 1 saturated carbocycles. The van der Waals surface area contributed by atoms with Crippen molar-refractivity contribution in [3.8, 4) is 11.3 Å². The molecule has 0 spiro atoms. The lowest BCUT2D eigenvalue weighted by molar-refractivity contribution is 0.0187. The topological polar surface area (TPSA) is 118 Å². The molecule has 1 amide bonds. The Hall–Kier alpha value is -3.56. The van der Waals surface area contributed by atoms with Gasteiger partial charge in [-0.15, -0.1) is 0 Å². The Morgan fingerprint density at radius 1 is 1.09 bits per heavy atom. The smallest absolute Gasteiger partial charge is 0.258 e. The number of aliphatic hydroxyl groups excluding tert-OH is 2. The number of fused-ring (bicyclic) bond motifs is 1. The number of rotatable bonds is 4. The summed E-state index contributed by atoms with van der Waals surface area (Å²) < 4.78 is 3.61. The van der Waals surface area contributed by atoms with E-state index in [1.807, 2.05) is 49.0 Å². The summed E-state index contributed by atoms with van der Waals surface area (Å²) in [6, 6.07) is 10.9. The number of imidazole rings is 1. The first-order valence-electron chi connectivity index (χ1n) is 11.0. The van der Waals surface area contributed by atoms with Crippen molar-refractivity contribution in [2.75, 3.05) is 5.32 Å². The van der Waals surface area contributed by atoms with E-state index in [2.05, 4.69) is 20.4 Å². The highest BCUT2D eigenvalue weighted by Gasteiger charge is 2.30. The molecule has 3 N–H and O–H groups in total. The highest BCUT2D eigenvalue weighted by Crippen LogP contribution is 2.35. The van der Waals surface area contributed by atoms with Crippen molar-refractivity contribution < 1.29 is 15.0 Å². The number of aliphatic hydroxyl groups is 2. The number of nitrogens with one attached hydrogen (secondary N) is 1. The molecule has 1 aliphatic rings. The lowest BCUT2D eigenvalue weighted by atomic mass is 9.90. The molecule has 1 fully saturated rings. The van der Waals surface area contributed by atoms with Crippen molar-refractivity contribution in [1.29, 1.82) is 0 Å². The molecule has 9 heteroatoms. The zero-order chi connectivity index (χ0) is 23.1. The molecule has 1 aromatic carbocycles. The van der Waals surface area contributed by atoms with Crippen molar-refractivity contribution in [3.05, 3.63) is 60.0 Å². The molecule has 3 aromatic heterocycles. The van der Waals surface area contributed by atoms with Crippen LogP contribution in [-0.4, -0.2) is 52.6 Å². The van der Waals surface area contributed by atoms with E-state index < -0.39 is 12.2 Å². The Morgan fingerprint density at radius 3 is 2.58 bits per heavy atom. The van der Waals surface area contributed by atoms with E-state index in [0.717, 1.165) is 16.6 Å². The molecule has 3 atom stereocenters. The van der Waals surface area contributed by atoms with Crippen molar-refractivity contribution in [1.82, 2.24) is 24.3 Å². The summed E-state index contributed by atoms with van der Waals surface area (Å²) in [5.41, 5.74) is 4.26. The zero-order valence-corrected chi connectivity index (χ0v) is 18.5. The lowest BCUT2D eigenvalue weighted by Crippen LogP contribution is -2.32. The Kier molecular flexibility index (Phi) is 5.43. The van der Waals surface area contributed by atoms with Gasteiger partial charge in [0.15, 0.2) is 0 Å². The second-order valence-corrected chi connectivity index (χ2v) is 8.70. The van der Waals surface area contributed by atoms with Gasteiger partial charge in [0.05, 0.1) is 35.1 Å². The van der Waals surface area contributed by atoms with Crippen LogP contribution in [0.3, 0.4) is 0 Å². The number of carbonyl (C=O) groups is 1. The standard InChI is InChI=1S/C24H26N6O3/c1-14-7-15(8-21(26-14)16-12-25-29(2)13-16)23(33)28-24-27-20-5-3-4-6-22(20)30(24)17-9-18(31)11-19(32)10-17/h3-8,12-13,17-19,31-32H,9-11H2,1-2H3,(H,27,28,33)/t17?,18-,19+. The minimum absolute atomic E-state index is 0.184. The number of hydrogen-bond donors (Lipinski definition) is 3. The number of aromatic nitrogens is 5. The highest BCUT2D eigenvalue weighted by atomic mass is 16.3. The van der Waals surface area contributed by atoms with Gasteiger partial charge < -0.3 is 14.8 Å². The predicted octanol–water partition coefficient (Wildman–Crippen LogP) is 2.84.